The van der Waals surface area contributed by atoms with Crippen molar-refractivity contribution >= 4 is 18.0 Å². The summed E-state index contributed by atoms with van der Waals surface area (Å²) in [7, 11) is 1.67. The van der Waals surface area contributed by atoms with E-state index in [0.29, 0.717) is 0 Å². The van der Waals surface area contributed by atoms with Crippen LogP contribution in [0.2, 0.25) is 0 Å². The lowest BCUT2D eigenvalue weighted by molar-refractivity contribution is 0.826. The molecular formula is C11H11N3OS. The second-order valence-corrected chi connectivity index (χ2v) is 4.16. The zero-order valence-electron chi connectivity index (χ0n) is 8.78. The van der Waals surface area contributed by atoms with Gasteiger partial charge in [0.25, 0.3) is 0 Å². The molecule has 0 saturated heterocycles. The third kappa shape index (κ3) is 2.43. The SMILES string of the molecule is Cn1cnn(/C=C/Sc2ccccc2)c1=O. The van der Waals surface area contributed by atoms with E-state index in [0.717, 1.165) is 4.90 Å². The van der Waals surface area contributed by atoms with Crippen LogP contribution in [-0.4, -0.2) is 14.3 Å². The Labute approximate surface area is 97.2 Å². The van der Waals surface area contributed by atoms with Gasteiger partial charge in [-0.2, -0.15) is 9.78 Å². The van der Waals surface area contributed by atoms with Crippen molar-refractivity contribution < 1.29 is 0 Å². The maximum absolute atomic E-state index is 11.4. The molecule has 0 bridgehead atoms. The quantitative estimate of drug-likeness (QED) is 0.759. The fraction of sp³-hybridized carbons (Fsp3) is 0.0909. The molecule has 1 heterocycles. The van der Waals surface area contributed by atoms with E-state index >= 15 is 0 Å². The highest BCUT2D eigenvalue weighted by molar-refractivity contribution is 8.02. The smallest absolute Gasteiger partial charge is 0.284 e. The van der Waals surface area contributed by atoms with E-state index in [9.17, 15) is 4.79 Å². The minimum Gasteiger partial charge on any atom is -0.284 e. The third-order valence-electron chi connectivity index (χ3n) is 2.00. The molecule has 0 aliphatic carbocycles. The average molecular weight is 233 g/mol. The van der Waals surface area contributed by atoms with E-state index in [2.05, 4.69) is 5.10 Å². The van der Waals surface area contributed by atoms with Gasteiger partial charge in [-0.1, -0.05) is 30.0 Å². The average Bonchev–Trinajstić information content (AvgIpc) is 2.62. The molecule has 16 heavy (non-hydrogen) atoms. The van der Waals surface area contributed by atoms with E-state index in [4.69, 9.17) is 0 Å². The fourth-order valence-corrected chi connectivity index (χ4v) is 1.81. The van der Waals surface area contributed by atoms with Gasteiger partial charge in [0.2, 0.25) is 0 Å². The first-order valence-electron chi connectivity index (χ1n) is 4.76. The highest BCUT2D eigenvalue weighted by atomic mass is 32.2. The summed E-state index contributed by atoms with van der Waals surface area (Å²) in [6.07, 6.45) is 3.14. The molecular weight excluding hydrogens is 222 g/mol. The fourth-order valence-electron chi connectivity index (χ4n) is 1.16. The zero-order chi connectivity index (χ0) is 11.4. The van der Waals surface area contributed by atoms with Crippen molar-refractivity contribution in [1.29, 1.82) is 0 Å². The van der Waals surface area contributed by atoms with Crippen LogP contribution in [0.1, 0.15) is 0 Å². The lowest BCUT2D eigenvalue weighted by atomic mass is 10.4. The molecule has 1 aromatic heterocycles. The number of aromatic nitrogens is 3. The summed E-state index contributed by atoms with van der Waals surface area (Å²) in [6, 6.07) is 9.94. The molecule has 0 N–H and O–H groups in total. The lowest BCUT2D eigenvalue weighted by Gasteiger charge is -1.93. The molecule has 1 aromatic carbocycles. The molecule has 0 fully saturated rings. The van der Waals surface area contributed by atoms with Crippen LogP contribution >= 0.6 is 11.8 Å². The Kier molecular flexibility index (Phi) is 3.26. The summed E-state index contributed by atoms with van der Waals surface area (Å²) in [5, 5.41) is 5.75. The predicted octanol–water partition coefficient (Wildman–Crippen LogP) is 1.80. The summed E-state index contributed by atoms with van der Waals surface area (Å²) >= 11 is 1.54. The minimum atomic E-state index is -0.148. The Balaban J connectivity index is 2.06. The molecule has 0 spiro atoms. The molecule has 0 amide bonds. The van der Waals surface area contributed by atoms with Crippen LogP contribution in [0.25, 0.3) is 6.20 Å². The predicted molar refractivity (Wildman–Crippen MR) is 65.1 cm³/mol. The maximum Gasteiger partial charge on any atom is 0.349 e. The number of benzene rings is 1. The van der Waals surface area contributed by atoms with E-state index in [1.54, 1.807) is 25.0 Å². The van der Waals surface area contributed by atoms with Crippen molar-refractivity contribution in [2.75, 3.05) is 0 Å². The first-order chi connectivity index (χ1) is 7.77. The minimum absolute atomic E-state index is 0.148. The van der Waals surface area contributed by atoms with Crippen LogP contribution in [0.15, 0.2) is 51.8 Å². The van der Waals surface area contributed by atoms with E-state index in [1.807, 2.05) is 35.7 Å². The van der Waals surface area contributed by atoms with Gasteiger partial charge in [-0.25, -0.2) is 4.79 Å². The standard InChI is InChI=1S/C11H11N3OS/c1-13-9-12-14(11(13)15)7-8-16-10-5-3-2-4-6-10/h2-9H,1H3/b8-7+. The molecule has 4 nitrogen and oxygen atoms in total. The van der Waals surface area contributed by atoms with E-state index in [-0.39, 0.29) is 5.69 Å². The van der Waals surface area contributed by atoms with Crippen molar-refractivity contribution in [3.8, 4) is 0 Å². The van der Waals surface area contributed by atoms with Gasteiger partial charge in [-0.3, -0.25) is 4.57 Å². The molecule has 2 rings (SSSR count). The van der Waals surface area contributed by atoms with Crippen LogP contribution < -0.4 is 5.69 Å². The number of thioether (sulfide) groups is 1. The highest BCUT2D eigenvalue weighted by Gasteiger charge is 1.95. The molecule has 82 valence electrons. The van der Waals surface area contributed by atoms with Gasteiger partial charge in [0.15, 0.2) is 0 Å². The normalized spacial score (nSPS) is 11.1. The summed E-state index contributed by atoms with van der Waals surface area (Å²) in [5.74, 6) is 0. The van der Waals surface area contributed by atoms with Gasteiger partial charge in [-0.05, 0) is 17.5 Å². The monoisotopic (exact) mass is 233 g/mol. The summed E-state index contributed by atoms with van der Waals surface area (Å²) in [6.45, 7) is 0. The number of rotatable bonds is 3. The molecule has 2 aromatic rings. The molecule has 0 aliphatic rings. The first kappa shape index (κ1) is 10.8. The number of hydrogen-bond acceptors (Lipinski definition) is 3. The van der Waals surface area contributed by atoms with E-state index < -0.39 is 0 Å². The topological polar surface area (TPSA) is 39.8 Å². The van der Waals surface area contributed by atoms with Crippen molar-refractivity contribution in [3.63, 3.8) is 0 Å². The molecule has 0 unspecified atom stereocenters. The Morgan fingerprint density at radius 3 is 2.69 bits per heavy atom. The highest BCUT2D eigenvalue weighted by Crippen LogP contribution is 2.17. The van der Waals surface area contributed by atoms with E-state index in [1.165, 1.54) is 15.6 Å². The molecule has 0 aliphatic heterocycles. The second-order valence-electron chi connectivity index (χ2n) is 3.19. The number of nitrogens with zero attached hydrogens (tertiary/aromatic N) is 3. The van der Waals surface area contributed by atoms with Gasteiger partial charge in [-0.15, -0.1) is 0 Å². The van der Waals surface area contributed by atoms with Crippen LogP contribution in [0, 0.1) is 0 Å². The summed E-state index contributed by atoms with van der Waals surface area (Å²) in [4.78, 5) is 12.5. The number of aryl methyl sites for hydroxylation is 1. The zero-order valence-corrected chi connectivity index (χ0v) is 9.59. The second kappa shape index (κ2) is 4.85. The van der Waals surface area contributed by atoms with Crippen LogP contribution in [-0.2, 0) is 7.05 Å². The summed E-state index contributed by atoms with van der Waals surface area (Å²) < 4.78 is 2.73. The maximum atomic E-state index is 11.4. The van der Waals surface area contributed by atoms with Crippen LogP contribution in [0.3, 0.4) is 0 Å². The van der Waals surface area contributed by atoms with Crippen molar-refractivity contribution in [2.45, 2.75) is 4.90 Å². The summed E-state index contributed by atoms with van der Waals surface area (Å²) in [5.41, 5.74) is -0.148. The Hall–Kier alpha value is -1.75. The van der Waals surface area contributed by atoms with Crippen LogP contribution in [0.5, 0.6) is 0 Å². The van der Waals surface area contributed by atoms with Gasteiger partial charge in [0, 0.05) is 18.1 Å². The van der Waals surface area contributed by atoms with Crippen molar-refractivity contribution in [1.82, 2.24) is 14.3 Å². The third-order valence-corrected chi connectivity index (χ3v) is 2.80. The van der Waals surface area contributed by atoms with Gasteiger partial charge in [0.05, 0.1) is 0 Å². The molecule has 0 saturated carbocycles. The van der Waals surface area contributed by atoms with Crippen molar-refractivity contribution in [2.24, 2.45) is 7.05 Å². The Morgan fingerprint density at radius 2 is 2.06 bits per heavy atom. The number of hydrogen-bond donors (Lipinski definition) is 0. The first-order valence-corrected chi connectivity index (χ1v) is 5.64. The molecule has 0 atom stereocenters. The Morgan fingerprint density at radius 1 is 1.31 bits per heavy atom. The van der Waals surface area contributed by atoms with Crippen molar-refractivity contribution in [3.05, 3.63) is 52.6 Å². The lowest BCUT2D eigenvalue weighted by Crippen LogP contribution is -2.18. The Bertz CT molecular complexity index is 542. The van der Waals surface area contributed by atoms with Gasteiger partial charge >= 0.3 is 5.69 Å². The van der Waals surface area contributed by atoms with Gasteiger partial charge in [0.1, 0.15) is 6.33 Å². The van der Waals surface area contributed by atoms with Gasteiger partial charge < -0.3 is 0 Å². The molecule has 5 heteroatoms. The van der Waals surface area contributed by atoms with Crippen LogP contribution in [0.4, 0.5) is 0 Å². The largest absolute Gasteiger partial charge is 0.349 e. The molecule has 0 radical (unpaired) electrons.